The molecule has 4 aromatic carbocycles. The normalized spacial score (nSPS) is 11.0. The van der Waals surface area contributed by atoms with Crippen LogP contribution in [0.1, 0.15) is 163 Å². The maximum absolute atomic E-state index is 14.6. The first kappa shape index (κ1) is 71.6. The summed E-state index contributed by atoms with van der Waals surface area (Å²) in [5, 5.41) is 29.3. The van der Waals surface area contributed by atoms with Crippen molar-refractivity contribution in [3.63, 3.8) is 0 Å². The number of rotatable bonds is 20. The van der Waals surface area contributed by atoms with Crippen LogP contribution in [0.2, 0.25) is 0 Å². The number of nitriles is 3. The fourth-order valence-electron chi connectivity index (χ4n) is 10.4. The Balaban J connectivity index is 0.000000214. The molecule has 0 fully saturated rings. The number of aromatic nitrogens is 8. The second-order valence-corrected chi connectivity index (χ2v) is 22.7. The molecule has 0 aliphatic carbocycles. The predicted molar refractivity (Wildman–Crippen MR) is 362 cm³/mol. The number of nitrogens with zero attached hydrogens (tertiary/aromatic N) is 7. The first-order valence-electron chi connectivity index (χ1n) is 29.9. The van der Waals surface area contributed by atoms with E-state index >= 15 is 0 Å². The van der Waals surface area contributed by atoms with Gasteiger partial charge in [-0.1, -0.05) is 96.1 Å². The Morgan fingerprint density at radius 1 is 0.557 bits per heavy atom. The van der Waals surface area contributed by atoms with Crippen LogP contribution < -0.4 is 49.5 Å². The molecule has 0 amide bonds. The largest absolute Gasteiger partial charge is 0.497 e. The summed E-state index contributed by atoms with van der Waals surface area (Å²) in [5.74, 6) is -3.27. The Bertz CT molecular complexity index is 5090. The molecule has 0 spiro atoms. The quantitative estimate of drug-likeness (QED) is 0.0235. The Labute approximate surface area is 552 Å². The number of carbonyl (C=O) groups is 3. The van der Waals surface area contributed by atoms with Crippen LogP contribution in [0.15, 0.2) is 162 Å². The lowest BCUT2D eigenvalue weighted by Crippen LogP contribution is -2.38. The second kappa shape index (κ2) is 32.6. The molecule has 0 radical (unpaired) electrons. The Morgan fingerprint density at radius 3 is 1.52 bits per heavy atom. The molecular formula is C72H65F2N13O10. The van der Waals surface area contributed by atoms with Gasteiger partial charge in [-0.2, -0.15) is 24.6 Å². The number of ketones is 3. The fraction of sp³-hybridized carbons (Fsp3) is 0.194. The van der Waals surface area contributed by atoms with E-state index in [0.717, 1.165) is 26.3 Å². The molecule has 492 valence electrons. The van der Waals surface area contributed by atoms with Crippen LogP contribution in [0.25, 0.3) is 18.2 Å². The molecule has 0 saturated carbocycles. The summed E-state index contributed by atoms with van der Waals surface area (Å²) in [6.07, 6.45) is 8.54. The zero-order valence-corrected chi connectivity index (χ0v) is 53.8. The number of ether oxygens (including phenoxy) is 1. The topological polar surface area (TPSA) is 371 Å². The number of methoxy groups -OCH3 is 1. The smallest absolute Gasteiger partial charge is 0.329 e. The highest BCUT2D eigenvalue weighted by molar-refractivity contribution is 6.10. The molecule has 7 N–H and O–H groups in total. The molecule has 9 aromatic rings. The number of aryl methyl sites for hydroxylation is 1. The number of hydrogen-bond acceptors (Lipinski definition) is 17. The number of carbonyl (C=O) groups excluding carboxylic acids is 3. The highest BCUT2D eigenvalue weighted by Crippen LogP contribution is 2.25. The summed E-state index contributed by atoms with van der Waals surface area (Å²) in [4.78, 5) is 132. The van der Waals surface area contributed by atoms with Crippen molar-refractivity contribution in [3.05, 3.63) is 297 Å². The monoisotopic (exact) mass is 1310 g/mol. The number of allylic oxidation sites excluding steroid dienone is 3. The first-order valence-corrected chi connectivity index (χ1v) is 29.9. The van der Waals surface area contributed by atoms with E-state index in [2.05, 4.69) is 35.2 Å². The number of nitrogens with two attached hydrogens (primary N) is 1. The van der Waals surface area contributed by atoms with Gasteiger partial charge in [0.2, 0.25) is 29.2 Å². The lowest BCUT2D eigenvalue weighted by atomic mass is 9.95. The van der Waals surface area contributed by atoms with Gasteiger partial charge in [-0.25, -0.2) is 24.4 Å². The lowest BCUT2D eigenvalue weighted by molar-refractivity contribution is 0.101. The SMILES string of the molecule is CC(C)c1c(C(=O)c2cccc(/C=C/C#N)c2)[nH]c(=O)[nH]c1=O.CC(C)c1c(C(=O)c2cccc(/C=C/C#N)c2)n(Cc2cc(N)nc(F)c2)c(=O)[nH]c1=O.COc1ccc(CNc2cc(Cn3c(C(=O)c4cc(C)cc(/C=C/C#N)c4)c(C(C)C)c(=O)[nH]c3=O)cc(F)n2)cc1. The predicted octanol–water partition coefficient (Wildman–Crippen LogP) is 9.49. The van der Waals surface area contributed by atoms with Crippen molar-refractivity contribution < 1.29 is 27.9 Å². The maximum Gasteiger partial charge on any atom is 0.329 e. The molecule has 0 bridgehead atoms. The number of aromatic amines is 4. The van der Waals surface area contributed by atoms with Gasteiger partial charge in [0.05, 0.1) is 44.1 Å². The zero-order chi connectivity index (χ0) is 70.8. The summed E-state index contributed by atoms with van der Waals surface area (Å²) < 4.78 is 35.8. The molecule has 23 nitrogen and oxygen atoms in total. The fourth-order valence-corrected chi connectivity index (χ4v) is 10.4. The molecule has 0 saturated heterocycles. The second-order valence-electron chi connectivity index (χ2n) is 22.7. The van der Waals surface area contributed by atoms with Crippen LogP contribution in [0.5, 0.6) is 5.75 Å². The van der Waals surface area contributed by atoms with Gasteiger partial charge >= 0.3 is 17.1 Å². The van der Waals surface area contributed by atoms with Crippen molar-refractivity contribution in [2.45, 2.75) is 85.9 Å². The van der Waals surface area contributed by atoms with Crippen molar-refractivity contribution in [2.24, 2.45) is 0 Å². The van der Waals surface area contributed by atoms with Gasteiger partial charge in [0.25, 0.3) is 16.7 Å². The van der Waals surface area contributed by atoms with Crippen LogP contribution in [0, 0.1) is 52.8 Å². The van der Waals surface area contributed by atoms with E-state index in [9.17, 15) is 51.9 Å². The molecule has 0 aliphatic rings. The average molecular weight is 1310 g/mol. The summed E-state index contributed by atoms with van der Waals surface area (Å²) in [6, 6.07) is 36.4. The van der Waals surface area contributed by atoms with Crippen LogP contribution in [0.4, 0.5) is 20.4 Å². The number of H-pyrrole nitrogens is 4. The van der Waals surface area contributed by atoms with Gasteiger partial charge in [0.1, 0.15) is 28.8 Å². The van der Waals surface area contributed by atoms with Crippen LogP contribution in [-0.4, -0.2) is 63.5 Å². The number of nitrogen functional groups attached to an aromatic ring is 1. The Morgan fingerprint density at radius 2 is 1.02 bits per heavy atom. The molecule has 25 heteroatoms. The Hall–Kier alpha value is -12.8. The van der Waals surface area contributed by atoms with E-state index in [1.807, 2.05) is 42.5 Å². The van der Waals surface area contributed by atoms with Gasteiger partial charge < -0.3 is 20.8 Å². The number of pyridine rings is 2. The Kier molecular flexibility index (Phi) is 24.1. The summed E-state index contributed by atoms with van der Waals surface area (Å²) in [5.41, 5.74) is 6.78. The third-order valence-electron chi connectivity index (χ3n) is 14.6. The standard InChI is InChI=1S/C32H30FN5O4.C23H20FN5O3.C17H15N3O3/c1-19(2)28-29(30(39)24-13-20(3)12-22(14-24)6-5-11-34)38(32(41)37-31(28)40)18-23-15-26(33)36-27(16-23)35-17-21-7-9-25(42-4)10-8-21;1-13(2)19-20(21(30)16-7-3-5-14(9-16)6-4-8-25)29(23(32)28-22(19)31)12-15-10-17(24)27-18(26)11-15;1-10(2)13-14(19-17(23)20-16(13)22)15(21)12-7-3-5-11(9-12)6-4-8-18/h5-10,12-16,19H,17-18H2,1-4H3,(H,35,36)(H,37,40,41);3-7,9-11,13H,12H2,1-2H3,(H2,26,27)(H,28,31,32);3-7,9-10H,1-2H3,(H2,19,20,22,23)/b6-5+;2*6-4+. The van der Waals surface area contributed by atoms with Crippen molar-refractivity contribution in [1.29, 1.82) is 15.8 Å². The summed E-state index contributed by atoms with van der Waals surface area (Å²) >= 11 is 0. The number of benzene rings is 4. The third kappa shape index (κ3) is 18.5. The highest BCUT2D eigenvalue weighted by Gasteiger charge is 2.28. The van der Waals surface area contributed by atoms with E-state index < -0.39 is 68.9 Å². The minimum atomic E-state index is -0.827. The van der Waals surface area contributed by atoms with Gasteiger partial charge in [-0.15, -0.1) is 0 Å². The number of halogens is 2. The van der Waals surface area contributed by atoms with Crippen molar-refractivity contribution in [2.75, 3.05) is 18.2 Å². The lowest BCUT2D eigenvalue weighted by Gasteiger charge is -2.18. The van der Waals surface area contributed by atoms with Gasteiger partial charge in [0, 0.05) is 58.2 Å². The summed E-state index contributed by atoms with van der Waals surface area (Å²) in [7, 11) is 1.58. The molecule has 0 unspecified atom stereocenters. The highest BCUT2D eigenvalue weighted by atomic mass is 19.1. The van der Waals surface area contributed by atoms with Crippen LogP contribution >= 0.6 is 0 Å². The first-order chi connectivity index (χ1) is 46.2. The number of nitrogens with one attached hydrogen (secondary N) is 5. The molecule has 97 heavy (non-hydrogen) atoms. The van der Waals surface area contributed by atoms with Gasteiger partial charge in [0.15, 0.2) is 0 Å². The summed E-state index contributed by atoms with van der Waals surface area (Å²) in [6.45, 7) is 12.3. The number of anilines is 2. The number of hydrogen-bond donors (Lipinski definition) is 6. The van der Waals surface area contributed by atoms with E-state index in [-0.39, 0.29) is 81.5 Å². The van der Waals surface area contributed by atoms with E-state index in [4.69, 9.17) is 26.3 Å². The van der Waals surface area contributed by atoms with E-state index in [1.165, 1.54) is 36.4 Å². The van der Waals surface area contributed by atoms with Gasteiger partial charge in [-0.3, -0.25) is 52.9 Å². The third-order valence-corrected chi connectivity index (χ3v) is 14.6. The molecule has 0 aliphatic heterocycles. The molecule has 9 rings (SSSR count). The minimum Gasteiger partial charge on any atom is -0.497 e. The zero-order valence-electron chi connectivity index (χ0n) is 53.8. The van der Waals surface area contributed by atoms with Crippen molar-refractivity contribution in [3.8, 4) is 24.0 Å². The van der Waals surface area contributed by atoms with E-state index in [1.54, 1.807) is 141 Å². The maximum atomic E-state index is 14.6. The van der Waals surface area contributed by atoms with Gasteiger partial charge in [-0.05, 0) is 143 Å². The molecular weight excluding hydrogens is 1240 g/mol. The van der Waals surface area contributed by atoms with Crippen molar-refractivity contribution in [1.82, 2.24) is 39.0 Å². The average Bonchev–Trinajstić information content (AvgIpc) is 0.779. The molecule has 0 atom stereocenters. The van der Waals surface area contributed by atoms with Crippen LogP contribution in [-0.2, 0) is 19.6 Å². The van der Waals surface area contributed by atoms with Crippen molar-refractivity contribution >= 4 is 47.2 Å². The molecule has 5 aromatic heterocycles. The van der Waals surface area contributed by atoms with Crippen LogP contribution in [0.3, 0.4) is 0 Å². The molecule has 5 heterocycles. The van der Waals surface area contributed by atoms with E-state index in [0.29, 0.717) is 45.7 Å². The minimum absolute atomic E-state index is 0.00448.